The lowest BCUT2D eigenvalue weighted by molar-refractivity contribution is 0.190. The van der Waals surface area contributed by atoms with Gasteiger partial charge in [0.2, 0.25) is 6.86 Å². The van der Waals surface area contributed by atoms with Gasteiger partial charge in [-0.1, -0.05) is 18.2 Å². The summed E-state index contributed by atoms with van der Waals surface area (Å²) in [6.45, 7) is -0.437. The lowest BCUT2D eigenvalue weighted by Gasteiger charge is -2.05. The van der Waals surface area contributed by atoms with Gasteiger partial charge in [0.25, 0.3) is 0 Å². The molecule has 0 bridgehead atoms. The average Bonchev–Trinajstić information content (AvgIpc) is 2.06. The summed E-state index contributed by atoms with van der Waals surface area (Å²) in [6.07, 6.45) is 0. The first-order chi connectivity index (χ1) is 5.38. The van der Waals surface area contributed by atoms with Crippen LogP contribution in [0.3, 0.4) is 0 Å². The predicted molar refractivity (Wildman–Crippen MR) is 40.9 cm³/mol. The highest BCUT2D eigenvalue weighted by molar-refractivity contribution is 5.32. The second-order valence-corrected chi connectivity index (χ2v) is 2.07. The van der Waals surface area contributed by atoms with Crippen molar-refractivity contribution in [1.82, 2.24) is 0 Å². The molecule has 0 amide bonds. The van der Waals surface area contributed by atoms with E-state index in [2.05, 4.69) is 4.74 Å². The Hall–Kier alpha value is -1.09. The summed E-state index contributed by atoms with van der Waals surface area (Å²) < 4.78 is 16.4. The van der Waals surface area contributed by atoms with Gasteiger partial charge in [0.05, 0.1) is 0 Å². The highest BCUT2D eigenvalue weighted by Crippen LogP contribution is 2.16. The van der Waals surface area contributed by atoms with Crippen molar-refractivity contribution >= 4 is 0 Å². The number of halogens is 1. The van der Waals surface area contributed by atoms with Crippen LogP contribution >= 0.6 is 0 Å². The Labute approximate surface area is 64.8 Å². The molecule has 0 radical (unpaired) electrons. The maximum absolute atomic E-state index is 11.7. The maximum Gasteiger partial charge on any atom is 0.228 e. The van der Waals surface area contributed by atoms with Crippen molar-refractivity contribution in [3.63, 3.8) is 0 Å². The number of hydrogen-bond donors (Lipinski definition) is 1. The Morgan fingerprint density at radius 2 is 2.09 bits per heavy atom. The van der Waals surface area contributed by atoms with E-state index >= 15 is 0 Å². The summed E-state index contributed by atoms with van der Waals surface area (Å²) in [7, 11) is 0. The zero-order chi connectivity index (χ0) is 8.10. The summed E-state index contributed by atoms with van der Waals surface area (Å²) in [6, 6.07) is 7.13. The molecule has 0 saturated heterocycles. The molecule has 0 fully saturated rings. The van der Waals surface area contributed by atoms with Crippen LogP contribution in [0.1, 0.15) is 5.56 Å². The van der Waals surface area contributed by atoms with Crippen molar-refractivity contribution in [1.29, 1.82) is 0 Å². The fourth-order valence-corrected chi connectivity index (χ4v) is 0.872. The van der Waals surface area contributed by atoms with Gasteiger partial charge in [-0.3, -0.25) is 0 Å². The van der Waals surface area contributed by atoms with Gasteiger partial charge in [0.1, 0.15) is 5.75 Å². The average molecular weight is 155 g/mol. The van der Waals surface area contributed by atoms with Crippen LogP contribution < -0.4 is 10.5 Å². The molecule has 2 N–H and O–H groups in total. The first-order valence-corrected chi connectivity index (χ1v) is 3.35. The van der Waals surface area contributed by atoms with E-state index in [9.17, 15) is 4.39 Å². The standard InChI is InChI=1S/C8H10FNO/c9-6-11-8-4-2-1-3-7(8)5-10/h1-4H,5-6,10H2. The molecular weight excluding hydrogens is 145 g/mol. The molecule has 0 atom stereocenters. The molecule has 0 heterocycles. The monoisotopic (exact) mass is 155 g/mol. The molecule has 1 aromatic rings. The first kappa shape index (κ1) is 8.01. The summed E-state index contributed by atoms with van der Waals surface area (Å²) in [5.41, 5.74) is 6.20. The molecule has 11 heavy (non-hydrogen) atoms. The van der Waals surface area contributed by atoms with Gasteiger partial charge in [-0.15, -0.1) is 0 Å². The van der Waals surface area contributed by atoms with Gasteiger partial charge >= 0.3 is 0 Å². The van der Waals surface area contributed by atoms with Gasteiger partial charge in [-0.2, -0.15) is 0 Å². The largest absolute Gasteiger partial charge is 0.463 e. The third kappa shape index (κ3) is 1.91. The summed E-state index contributed by atoms with van der Waals surface area (Å²) >= 11 is 0. The normalized spacial score (nSPS) is 9.64. The van der Waals surface area contributed by atoms with Crippen molar-refractivity contribution in [3.8, 4) is 5.75 Å². The Bertz CT molecular complexity index is 227. The molecular formula is C8H10FNO. The summed E-state index contributed by atoms with van der Waals surface area (Å²) in [5, 5.41) is 0. The molecule has 0 unspecified atom stereocenters. The minimum absolute atomic E-state index is 0.371. The van der Waals surface area contributed by atoms with E-state index in [1.165, 1.54) is 0 Å². The Balaban J connectivity index is 2.83. The van der Waals surface area contributed by atoms with E-state index < -0.39 is 6.86 Å². The fraction of sp³-hybridized carbons (Fsp3) is 0.250. The highest BCUT2D eigenvalue weighted by atomic mass is 19.1. The molecule has 0 aliphatic heterocycles. The number of para-hydroxylation sites is 1. The maximum atomic E-state index is 11.7. The summed E-state index contributed by atoms with van der Waals surface area (Å²) in [5.74, 6) is 0.525. The topological polar surface area (TPSA) is 35.2 Å². The van der Waals surface area contributed by atoms with Crippen LogP contribution in [0.4, 0.5) is 4.39 Å². The Kier molecular flexibility index (Phi) is 2.86. The SMILES string of the molecule is NCc1ccccc1OCF. The molecule has 2 nitrogen and oxygen atoms in total. The van der Waals surface area contributed by atoms with Crippen LogP contribution in [0.5, 0.6) is 5.75 Å². The van der Waals surface area contributed by atoms with Crippen molar-refractivity contribution in [2.45, 2.75) is 6.54 Å². The van der Waals surface area contributed by atoms with E-state index in [-0.39, 0.29) is 0 Å². The van der Waals surface area contributed by atoms with E-state index in [1.807, 2.05) is 12.1 Å². The van der Waals surface area contributed by atoms with Crippen molar-refractivity contribution in [2.24, 2.45) is 5.73 Å². The number of nitrogens with two attached hydrogens (primary N) is 1. The number of alkyl halides is 1. The van der Waals surface area contributed by atoms with Crippen LogP contribution in [0.15, 0.2) is 24.3 Å². The first-order valence-electron chi connectivity index (χ1n) is 3.35. The smallest absolute Gasteiger partial charge is 0.228 e. The molecule has 0 aromatic heterocycles. The third-order valence-electron chi connectivity index (χ3n) is 1.40. The molecule has 0 aliphatic carbocycles. The molecule has 1 rings (SSSR count). The number of hydrogen-bond acceptors (Lipinski definition) is 2. The number of rotatable bonds is 3. The van der Waals surface area contributed by atoms with Crippen LogP contribution in [0, 0.1) is 0 Å². The van der Waals surface area contributed by atoms with Gasteiger partial charge < -0.3 is 10.5 Å². The van der Waals surface area contributed by atoms with Crippen LogP contribution in [-0.2, 0) is 6.54 Å². The molecule has 1 aromatic carbocycles. The van der Waals surface area contributed by atoms with Gasteiger partial charge in [0.15, 0.2) is 0 Å². The minimum Gasteiger partial charge on any atom is -0.463 e. The van der Waals surface area contributed by atoms with E-state index in [4.69, 9.17) is 5.73 Å². The Morgan fingerprint density at radius 3 is 2.73 bits per heavy atom. The summed E-state index contributed by atoms with van der Waals surface area (Å²) in [4.78, 5) is 0. The second-order valence-electron chi connectivity index (χ2n) is 2.07. The number of benzene rings is 1. The Morgan fingerprint density at radius 1 is 1.36 bits per heavy atom. The minimum atomic E-state index is -0.809. The van der Waals surface area contributed by atoms with E-state index in [0.717, 1.165) is 5.56 Å². The fourth-order valence-electron chi connectivity index (χ4n) is 0.872. The van der Waals surface area contributed by atoms with Crippen LogP contribution in [0.2, 0.25) is 0 Å². The molecule has 0 saturated carbocycles. The van der Waals surface area contributed by atoms with Crippen molar-refractivity contribution < 1.29 is 9.13 Å². The van der Waals surface area contributed by atoms with Gasteiger partial charge in [-0.25, -0.2) is 4.39 Å². The zero-order valence-electron chi connectivity index (χ0n) is 6.09. The van der Waals surface area contributed by atoms with Crippen molar-refractivity contribution in [2.75, 3.05) is 6.86 Å². The van der Waals surface area contributed by atoms with Crippen LogP contribution in [0.25, 0.3) is 0 Å². The third-order valence-corrected chi connectivity index (χ3v) is 1.40. The quantitative estimate of drug-likeness (QED) is 0.717. The zero-order valence-corrected chi connectivity index (χ0v) is 6.09. The lowest BCUT2D eigenvalue weighted by atomic mass is 10.2. The molecule has 60 valence electrons. The highest BCUT2D eigenvalue weighted by Gasteiger charge is 1.98. The number of ether oxygens (including phenoxy) is 1. The molecule has 3 heteroatoms. The van der Waals surface area contributed by atoms with Gasteiger partial charge in [-0.05, 0) is 6.07 Å². The van der Waals surface area contributed by atoms with Crippen molar-refractivity contribution in [3.05, 3.63) is 29.8 Å². The second kappa shape index (κ2) is 3.93. The molecule has 0 spiro atoms. The van der Waals surface area contributed by atoms with Gasteiger partial charge in [0, 0.05) is 12.1 Å². The lowest BCUT2D eigenvalue weighted by Crippen LogP contribution is -2.00. The molecule has 0 aliphatic rings. The van der Waals surface area contributed by atoms with E-state index in [0.29, 0.717) is 12.3 Å². The van der Waals surface area contributed by atoms with E-state index in [1.54, 1.807) is 12.1 Å². The van der Waals surface area contributed by atoms with Crippen LogP contribution in [-0.4, -0.2) is 6.86 Å². The predicted octanol–water partition coefficient (Wildman–Crippen LogP) is 1.45.